The summed E-state index contributed by atoms with van der Waals surface area (Å²) in [5.41, 5.74) is -4.33. The summed E-state index contributed by atoms with van der Waals surface area (Å²) in [5, 5.41) is 45.8. The number of likely N-dealkylation sites (N-methyl/N-ethyl adjacent to an activating group) is 1. The number of ether oxygens (including phenoxy) is 7. The molecule has 0 aromatic carbocycles. The summed E-state index contributed by atoms with van der Waals surface area (Å²) in [7, 11) is 5.25. The van der Waals surface area contributed by atoms with Crippen LogP contribution in [0.1, 0.15) is 94.9 Å². The molecule has 0 unspecified atom stereocenters. The number of rotatable bonds is 10. The largest absolute Gasteiger partial charge is 0.459 e. The molecule has 0 aromatic heterocycles. The van der Waals surface area contributed by atoms with E-state index >= 15 is 0 Å². The van der Waals surface area contributed by atoms with Crippen LogP contribution in [-0.4, -0.2) is 149 Å². The summed E-state index contributed by atoms with van der Waals surface area (Å²) >= 11 is 0. The van der Waals surface area contributed by atoms with Gasteiger partial charge in [-0.05, 0) is 74.9 Å². The number of carbonyl (C=O) groups is 2. The Morgan fingerprint density at radius 3 is 2.11 bits per heavy atom. The van der Waals surface area contributed by atoms with Crippen LogP contribution >= 0.6 is 0 Å². The van der Waals surface area contributed by atoms with E-state index in [1.807, 2.05) is 32.8 Å². The Balaban J connectivity index is 2.27. The van der Waals surface area contributed by atoms with Gasteiger partial charge in [0, 0.05) is 37.3 Å². The van der Waals surface area contributed by atoms with E-state index in [1.165, 1.54) is 14.0 Å². The van der Waals surface area contributed by atoms with Crippen molar-refractivity contribution in [3.05, 3.63) is 12.7 Å². The molecule has 0 saturated carbocycles. The van der Waals surface area contributed by atoms with Gasteiger partial charge in [0.15, 0.2) is 12.6 Å². The number of aliphatic hydroxyl groups is 4. The Kier molecular flexibility index (Phi) is 16.3. The minimum Gasteiger partial charge on any atom is -0.459 e. The third-order valence-electron chi connectivity index (χ3n) is 12.3. The molecule has 18 atom stereocenters. The number of nitrogens with zero attached hydrogens (tertiary/aromatic N) is 1. The molecule has 4 N–H and O–H groups in total. The molecule has 3 aliphatic rings. The molecule has 0 bridgehead atoms. The van der Waals surface area contributed by atoms with Crippen LogP contribution in [0.3, 0.4) is 0 Å². The summed E-state index contributed by atoms with van der Waals surface area (Å²) in [6.45, 7) is 21.0. The predicted molar refractivity (Wildman–Crippen MR) is 200 cm³/mol. The highest BCUT2D eigenvalue weighted by atomic mass is 16.7. The van der Waals surface area contributed by atoms with Crippen molar-refractivity contribution in [2.24, 2.45) is 23.7 Å². The van der Waals surface area contributed by atoms with Gasteiger partial charge in [0.05, 0.1) is 54.2 Å². The van der Waals surface area contributed by atoms with E-state index in [0.717, 1.165) is 0 Å². The van der Waals surface area contributed by atoms with Crippen molar-refractivity contribution >= 4 is 11.8 Å². The number of ketones is 1. The summed E-state index contributed by atoms with van der Waals surface area (Å²) in [6, 6.07) is -0.300. The van der Waals surface area contributed by atoms with Crippen molar-refractivity contribution in [2.75, 3.05) is 27.8 Å². The Hall–Kier alpha value is -1.56. The van der Waals surface area contributed by atoms with Crippen molar-refractivity contribution in [3.8, 4) is 0 Å². The van der Waals surface area contributed by atoms with E-state index in [1.54, 1.807) is 54.5 Å². The molecule has 14 nitrogen and oxygen atoms in total. The number of hydrogen-bond acceptors (Lipinski definition) is 14. The zero-order valence-corrected chi connectivity index (χ0v) is 34.9. The van der Waals surface area contributed by atoms with Crippen LogP contribution in [-0.2, 0) is 42.7 Å². The van der Waals surface area contributed by atoms with Gasteiger partial charge in [-0.25, -0.2) is 0 Å². The number of Topliss-reactive ketones (excluding diaryl/α,β-unsaturated/α-hetero) is 1. The number of aliphatic hydroxyl groups excluding tert-OH is 3. The fraction of sp³-hybridized carbons (Fsp3) is 0.900. The lowest BCUT2D eigenvalue weighted by molar-refractivity contribution is -0.320. The maximum Gasteiger partial charge on any atom is 0.311 e. The topological polar surface area (TPSA) is 183 Å². The average Bonchev–Trinajstić information content (AvgIpc) is 3.11. The summed E-state index contributed by atoms with van der Waals surface area (Å²) in [4.78, 5) is 30.3. The van der Waals surface area contributed by atoms with Crippen LogP contribution in [0.5, 0.6) is 0 Å². The van der Waals surface area contributed by atoms with Gasteiger partial charge in [0.2, 0.25) is 0 Å². The van der Waals surface area contributed by atoms with Crippen molar-refractivity contribution in [1.29, 1.82) is 0 Å². The standard InChI is InChI=1S/C40H71NO13/c1-15-17-49-39(10)19-21(3)30(42)23(5)33(44)40(11,47)28(16-2)52-36(46)25(7)32(53-29-20-38(9,48-14)34(45)26(8)51-29)24(6)35(39)54-37-31(43)27(41(12)13)18-22(4)50-37/h15,21-29,31-35,37,43-45,47H,1,16-20H2,2-14H3/t21-,22-,23+,24+,25-,26+,27+,28-,29+,31-,32+,33-,34+,35-,37+,38-,39-,40-/m1/s1. The molecule has 0 radical (unpaired) electrons. The quantitative estimate of drug-likeness (QED) is 0.188. The normalized spacial score (nSPS) is 47.6. The first-order valence-corrected chi connectivity index (χ1v) is 19.6. The number of esters is 1. The Morgan fingerprint density at radius 2 is 1.56 bits per heavy atom. The second-order valence-corrected chi connectivity index (χ2v) is 17.0. The molecular formula is C40H71NO13. The Labute approximate surface area is 322 Å². The van der Waals surface area contributed by atoms with Crippen LogP contribution < -0.4 is 0 Å². The fourth-order valence-electron chi connectivity index (χ4n) is 8.78. The SMILES string of the molecule is C=CCO[C@]1(C)C[C@@H](C)C(=O)[C@H](C)[C@@H](O)[C@](C)(O)[C@@H](CC)OC(=O)[C@H](C)[C@@H](O[C@H]2C[C@@](C)(OC)[C@@H](O)[C@H](C)O2)[C@H](C)[C@H]1O[C@@H]1O[C@H](C)C[C@H](N(C)C)[C@H]1O. The molecule has 14 heteroatoms. The zero-order chi connectivity index (χ0) is 41.1. The lowest BCUT2D eigenvalue weighted by Crippen LogP contribution is -2.61. The van der Waals surface area contributed by atoms with Crippen molar-refractivity contribution in [3.63, 3.8) is 0 Å². The highest BCUT2D eigenvalue weighted by Crippen LogP contribution is 2.42. The van der Waals surface area contributed by atoms with E-state index in [9.17, 15) is 30.0 Å². The lowest BCUT2D eigenvalue weighted by Gasteiger charge is -2.50. The van der Waals surface area contributed by atoms with E-state index in [2.05, 4.69) is 6.58 Å². The highest BCUT2D eigenvalue weighted by molar-refractivity contribution is 5.83. The first-order chi connectivity index (χ1) is 25.0. The van der Waals surface area contributed by atoms with Gasteiger partial charge >= 0.3 is 5.97 Å². The molecule has 0 aromatic rings. The van der Waals surface area contributed by atoms with Gasteiger partial charge in [0.1, 0.15) is 29.7 Å². The molecule has 3 saturated heterocycles. The minimum absolute atomic E-state index is 0.0658. The van der Waals surface area contributed by atoms with E-state index < -0.39 is 102 Å². The predicted octanol–water partition coefficient (Wildman–Crippen LogP) is 3.00. The van der Waals surface area contributed by atoms with Gasteiger partial charge in [0.25, 0.3) is 0 Å². The third-order valence-corrected chi connectivity index (χ3v) is 12.3. The molecular weight excluding hydrogens is 702 g/mol. The van der Waals surface area contributed by atoms with E-state index in [0.29, 0.717) is 6.42 Å². The smallest absolute Gasteiger partial charge is 0.311 e. The zero-order valence-electron chi connectivity index (χ0n) is 34.9. The number of hydrogen-bond donors (Lipinski definition) is 4. The van der Waals surface area contributed by atoms with E-state index in [-0.39, 0.29) is 43.8 Å². The fourth-order valence-corrected chi connectivity index (χ4v) is 8.78. The molecule has 3 aliphatic heterocycles. The van der Waals surface area contributed by atoms with Gasteiger partial charge in [-0.2, -0.15) is 0 Å². The monoisotopic (exact) mass is 773 g/mol. The van der Waals surface area contributed by atoms with Gasteiger partial charge < -0.3 is 58.5 Å². The second-order valence-electron chi connectivity index (χ2n) is 17.0. The first-order valence-electron chi connectivity index (χ1n) is 19.6. The molecule has 3 fully saturated rings. The molecule has 0 spiro atoms. The van der Waals surface area contributed by atoms with Crippen LogP contribution in [0.4, 0.5) is 0 Å². The molecule has 0 amide bonds. The maximum atomic E-state index is 14.3. The first kappa shape index (κ1) is 46.8. The van der Waals surface area contributed by atoms with Gasteiger partial charge in [-0.3, -0.25) is 9.59 Å². The third kappa shape index (κ3) is 10.1. The second kappa shape index (κ2) is 18.8. The van der Waals surface area contributed by atoms with E-state index in [4.69, 9.17) is 33.2 Å². The molecule has 54 heavy (non-hydrogen) atoms. The van der Waals surface area contributed by atoms with Crippen LogP contribution in [0.2, 0.25) is 0 Å². The summed E-state index contributed by atoms with van der Waals surface area (Å²) in [6.07, 6.45) is -7.41. The Morgan fingerprint density at radius 1 is 0.926 bits per heavy atom. The van der Waals surface area contributed by atoms with Crippen LogP contribution in [0, 0.1) is 23.7 Å². The van der Waals surface area contributed by atoms with Crippen molar-refractivity contribution in [2.45, 2.75) is 179 Å². The van der Waals surface area contributed by atoms with Gasteiger partial charge in [-0.15, -0.1) is 6.58 Å². The van der Waals surface area contributed by atoms with Crippen molar-refractivity contribution in [1.82, 2.24) is 4.90 Å². The van der Waals surface area contributed by atoms with Gasteiger partial charge in [-0.1, -0.05) is 33.8 Å². The molecule has 3 rings (SSSR count). The number of cyclic esters (lactones) is 1. The summed E-state index contributed by atoms with van der Waals surface area (Å²) in [5.74, 6) is -4.60. The highest BCUT2D eigenvalue weighted by Gasteiger charge is 2.54. The molecule has 0 aliphatic carbocycles. The number of carbonyl (C=O) groups excluding carboxylic acids is 2. The van der Waals surface area contributed by atoms with Crippen molar-refractivity contribution < 1.29 is 63.2 Å². The minimum atomic E-state index is -1.98. The lowest BCUT2D eigenvalue weighted by atomic mass is 9.73. The van der Waals surface area contributed by atoms with Crippen LogP contribution in [0.15, 0.2) is 12.7 Å². The Bertz CT molecular complexity index is 1250. The summed E-state index contributed by atoms with van der Waals surface area (Å²) < 4.78 is 44.4. The number of methoxy groups -OCH3 is 1. The van der Waals surface area contributed by atoms with Crippen LogP contribution in [0.25, 0.3) is 0 Å². The maximum absolute atomic E-state index is 14.3. The average molecular weight is 774 g/mol. The molecule has 314 valence electrons. The molecule has 3 heterocycles.